The third kappa shape index (κ3) is 5.01. The maximum absolute atomic E-state index is 12.0. The van der Waals surface area contributed by atoms with Crippen molar-refractivity contribution in [2.24, 2.45) is 11.3 Å². The highest BCUT2D eigenvalue weighted by Gasteiger charge is 2.37. The average Bonchev–Trinajstić information content (AvgIpc) is 2.60. The molecule has 0 radical (unpaired) electrons. The molecule has 1 aliphatic carbocycles. The lowest BCUT2D eigenvalue weighted by Crippen LogP contribution is -2.43. The molecule has 1 aromatic rings. The second kappa shape index (κ2) is 7.90. The predicted octanol–water partition coefficient (Wildman–Crippen LogP) is 4.30. The Morgan fingerprint density at radius 2 is 1.89 bits per heavy atom. The number of benzene rings is 1. The van der Waals surface area contributed by atoms with Crippen molar-refractivity contribution in [1.29, 1.82) is 5.26 Å². The van der Waals surface area contributed by atoms with Gasteiger partial charge < -0.3 is 10.2 Å². The van der Waals surface area contributed by atoms with E-state index in [1.54, 1.807) is 0 Å². The molecule has 1 saturated heterocycles. The minimum absolute atomic E-state index is 0.161. The zero-order valence-electron chi connectivity index (χ0n) is 16.8. The van der Waals surface area contributed by atoms with Gasteiger partial charge in [-0.05, 0) is 82.9 Å². The highest BCUT2D eigenvalue weighted by atomic mass is 16.7. The molecule has 0 atom stereocenters. The number of piperidine rings is 1. The summed E-state index contributed by atoms with van der Waals surface area (Å²) in [5.41, 5.74) is 1.55. The Balaban J connectivity index is 1.45. The van der Waals surface area contributed by atoms with E-state index >= 15 is 0 Å². The van der Waals surface area contributed by atoms with E-state index in [0.717, 1.165) is 57.3 Å². The van der Waals surface area contributed by atoms with Crippen LogP contribution in [0.3, 0.4) is 0 Å². The standard InChI is InChI=1S/C22H31N3O2/c1-21(2,3)20(26)27-25-13-9-18(10-14-25)15-17-5-7-19(8-6-17)24-22(16-23)11-4-12-22/h5-8,18,24H,4,9-15H2,1-3H3. The van der Waals surface area contributed by atoms with E-state index in [0.29, 0.717) is 5.92 Å². The zero-order valence-corrected chi connectivity index (χ0v) is 16.8. The second-order valence-electron chi connectivity index (χ2n) is 9.07. The Hall–Kier alpha value is -2.06. The molecule has 3 rings (SSSR count). The maximum atomic E-state index is 12.0. The predicted molar refractivity (Wildman–Crippen MR) is 106 cm³/mol. The number of hydrogen-bond donors (Lipinski definition) is 1. The van der Waals surface area contributed by atoms with Gasteiger partial charge in [-0.3, -0.25) is 0 Å². The lowest BCUT2D eigenvalue weighted by atomic mass is 9.78. The molecule has 1 aromatic carbocycles. The van der Waals surface area contributed by atoms with Gasteiger partial charge in [-0.25, -0.2) is 4.79 Å². The first-order valence-electron chi connectivity index (χ1n) is 10.1. The minimum atomic E-state index is -0.462. The molecule has 5 heteroatoms. The summed E-state index contributed by atoms with van der Waals surface area (Å²) in [5.74, 6) is 0.455. The fourth-order valence-electron chi connectivity index (χ4n) is 3.59. The van der Waals surface area contributed by atoms with Crippen LogP contribution < -0.4 is 5.32 Å². The van der Waals surface area contributed by atoms with E-state index in [1.165, 1.54) is 5.56 Å². The van der Waals surface area contributed by atoms with Crippen LogP contribution >= 0.6 is 0 Å². The number of nitrogens with zero attached hydrogens (tertiary/aromatic N) is 2. The molecule has 0 bridgehead atoms. The molecule has 2 fully saturated rings. The zero-order chi connectivity index (χ0) is 19.5. The van der Waals surface area contributed by atoms with E-state index in [1.807, 2.05) is 25.8 Å². The van der Waals surface area contributed by atoms with Crippen LogP contribution in [0.25, 0.3) is 0 Å². The van der Waals surface area contributed by atoms with Crippen LogP contribution in [0.2, 0.25) is 0 Å². The van der Waals surface area contributed by atoms with Gasteiger partial charge in [0, 0.05) is 18.8 Å². The van der Waals surface area contributed by atoms with Crippen molar-refractivity contribution < 1.29 is 9.63 Å². The Morgan fingerprint density at radius 1 is 1.26 bits per heavy atom. The molecular formula is C22H31N3O2. The summed E-state index contributed by atoms with van der Waals surface area (Å²) >= 11 is 0. The lowest BCUT2D eigenvalue weighted by Gasteiger charge is -2.36. The molecule has 146 valence electrons. The van der Waals surface area contributed by atoms with Crippen LogP contribution in [0.1, 0.15) is 58.4 Å². The Kier molecular flexibility index (Phi) is 5.76. The minimum Gasteiger partial charge on any atom is -0.367 e. The summed E-state index contributed by atoms with van der Waals surface area (Å²) in [6.07, 6.45) is 6.12. The topological polar surface area (TPSA) is 65.4 Å². The van der Waals surface area contributed by atoms with Gasteiger partial charge in [0.25, 0.3) is 0 Å². The van der Waals surface area contributed by atoms with Gasteiger partial charge in [-0.15, -0.1) is 5.06 Å². The molecule has 0 unspecified atom stereocenters. The molecule has 27 heavy (non-hydrogen) atoms. The highest BCUT2D eigenvalue weighted by molar-refractivity contribution is 5.75. The molecule has 0 spiro atoms. The Labute approximate surface area is 162 Å². The van der Waals surface area contributed by atoms with E-state index in [2.05, 4.69) is 35.7 Å². The number of rotatable bonds is 5. The van der Waals surface area contributed by atoms with E-state index in [-0.39, 0.29) is 11.5 Å². The number of nitriles is 1. The second-order valence-corrected chi connectivity index (χ2v) is 9.07. The van der Waals surface area contributed by atoms with Gasteiger partial charge in [-0.2, -0.15) is 5.26 Å². The summed E-state index contributed by atoms with van der Waals surface area (Å²) in [6, 6.07) is 10.9. The third-order valence-electron chi connectivity index (χ3n) is 5.68. The SMILES string of the molecule is CC(C)(C)C(=O)ON1CCC(Cc2ccc(NC3(C#N)CCC3)cc2)CC1. The fraction of sp³-hybridized carbons (Fsp3) is 0.636. The Bertz CT molecular complexity index is 688. The summed E-state index contributed by atoms with van der Waals surface area (Å²) in [6.45, 7) is 7.24. The molecule has 1 aliphatic heterocycles. The smallest absolute Gasteiger partial charge is 0.330 e. The number of carbonyl (C=O) groups is 1. The Morgan fingerprint density at radius 3 is 2.37 bits per heavy atom. The van der Waals surface area contributed by atoms with Gasteiger partial charge in [-0.1, -0.05) is 12.1 Å². The molecule has 2 aliphatic rings. The first kappa shape index (κ1) is 19.7. The normalized spacial score (nSPS) is 20.4. The molecule has 1 saturated carbocycles. The van der Waals surface area contributed by atoms with Crippen LogP contribution in [0.15, 0.2) is 24.3 Å². The van der Waals surface area contributed by atoms with Crippen molar-refractivity contribution >= 4 is 11.7 Å². The van der Waals surface area contributed by atoms with Gasteiger partial charge >= 0.3 is 5.97 Å². The number of hydroxylamine groups is 2. The van der Waals surface area contributed by atoms with Crippen molar-refractivity contribution in [2.75, 3.05) is 18.4 Å². The van der Waals surface area contributed by atoms with Crippen LogP contribution in [-0.4, -0.2) is 29.7 Å². The van der Waals surface area contributed by atoms with E-state index in [9.17, 15) is 10.1 Å². The monoisotopic (exact) mass is 369 g/mol. The van der Waals surface area contributed by atoms with Crippen LogP contribution in [0, 0.1) is 22.7 Å². The van der Waals surface area contributed by atoms with Crippen molar-refractivity contribution in [2.45, 2.75) is 64.8 Å². The summed E-state index contributed by atoms with van der Waals surface area (Å²) in [4.78, 5) is 17.5. The number of hydrogen-bond acceptors (Lipinski definition) is 5. The fourth-order valence-corrected chi connectivity index (χ4v) is 3.59. The van der Waals surface area contributed by atoms with Crippen LogP contribution in [-0.2, 0) is 16.1 Å². The number of anilines is 1. The van der Waals surface area contributed by atoms with Crippen molar-refractivity contribution in [1.82, 2.24) is 5.06 Å². The number of carbonyl (C=O) groups excluding carboxylic acids is 1. The molecular weight excluding hydrogens is 338 g/mol. The summed E-state index contributed by atoms with van der Waals surface area (Å²) in [5, 5.41) is 14.6. The highest BCUT2D eigenvalue weighted by Crippen LogP contribution is 2.34. The molecule has 1 heterocycles. The van der Waals surface area contributed by atoms with Crippen molar-refractivity contribution in [3.8, 4) is 6.07 Å². The van der Waals surface area contributed by atoms with Gasteiger partial charge in [0.1, 0.15) is 5.54 Å². The largest absolute Gasteiger partial charge is 0.367 e. The van der Waals surface area contributed by atoms with Crippen LogP contribution in [0.4, 0.5) is 5.69 Å². The first-order chi connectivity index (χ1) is 12.8. The molecule has 0 amide bonds. The average molecular weight is 370 g/mol. The molecule has 5 nitrogen and oxygen atoms in total. The maximum Gasteiger partial charge on any atom is 0.330 e. The van der Waals surface area contributed by atoms with E-state index in [4.69, 9.17) is 4.84 Å². The third-order valence-corrected chi connectivity index (χ3v) is 5.68. The number of nitrogens with one attached hydrogen (secondary N) is 1. The van der Waals surface area contributed by atoms with Crippen molar-refractivity contribution in [3.05, 3.63) is 29.8 Å². The van der Waals surface area contributed by atoms with Crippen LogP contribution in [0.5, 0.6) is 0 Å². The molecule has 0 aromatic heterocycles. The van der Waals surface area contributed by atoms with Gasteiger partial charge in [0.2, 0.25) is 0 Å². The first-order valence-corrected chi connectivity index (χ1v) is 10.1. The summed E-state index contributed by atoms with van der Waals surface area (Å²) < 4.78 is 0. The van der Waals surface area contributed by atoms with E-state index < -0.39 is 5.41 Å². The molecule has 1 N–H and O–H groups in total. The van der Waals surface area contributed by atoms with Crippen molar-refractivity contribution in [3.63, 3.8) is 0 Å². The quantitative estimate of drug-likeness (QED) is 0.838. The van der Waals surface area contributed by atoms with Gasteiger partial charge in [0.15, 0.2) is 0 Å². The lowest BCUT2D eigenvalue weighted by molar-refractivity contribution is -0.206. The summed E-state index contributed by atoms with van der Waals surface area (Å²) in [7, 11) is 0. The van der Waals surface area contributed by atoms with Gasteiger partial charge in [0.05, 0.1) is 11.5 Å².